The van der Waals surface area contributed by atoms with Gasteiger partial charge in [-0.05, 0) is 31.0 Å². The molecule has 1 atom stereocenters. The summed E-state index contributed by atoms with van der Waals surface area (Å²) in [5, 5.41) is 0.615. The Morgan fingerprint density at radius 1 is 1.32 bits per heavy atom. The molecule has 0 fully saturated rings. The first kappa shape index (κ1) is 15.5. The zero-order chi connectivity index (χ0) is 17.6. The van der Waals surface area contributed by atoms with Gasteiger partial charge in [0, 0.05) is 31.4 Å². The zero-order valence-electron chi connectivity index (χ0n) is 14.1. The number of amides is 1. The number of carbonyl (C=O) groups excluding carboxylic acids is 1. The van der Waals surface area contributed by atoms with Gasteiger partial charge in [0.15, 0.2) is 0 Å². The standard InChI is InChI=1S/C19H18N4O2/c1-12(16-6-8-20-11-21-16)22(2)19(25)15-10-23-9-7-13-4-3-5-14(17(13)23)18(15)24/h3-6,8,10-12H,7,9H2,1-2H3/t12-/m1/s1. The van der Waals surface area contributed by atoms with Gasteiger partial charge >= 0.3 is 0 Å². The molecular weight excluding hydrogens is 316 g/mol. The highest BCUT2D eigenvalue weighted by atomic mass is 16.2. The molecule has 0 N–H and O–H groups in total. The van der Waals surface area contributed by atoms with Gasteiger partial charge in [0.2, 0.25) is 5.43 Å². The first-order chi connectivity index (χ1) is 12.1. The zero-order valence-corrected chi connectivity index (χ0v) is 14.1. The molecule has 1 aromatic carbocycles. The molecule has 1 aliphatic heterocycles. The van der Waals surface area contributed by atoms with E-state index >= 15 is 0 Å². The normalized spacial score (nSPS) is 13.8. The van der Waals surface area contributed by atoms with E-state index in [0.717, 1.165) is 29.7 Å². The minimum absolute atomic E-state index is 0.204. The molecule has 3 heterocycles. The molecule has 0 spiro atoms. The number of aryl methyl sites for hydroxylation is 2. The molecule has 0 saturated heterocycles. The lowest BCUT2D eigenvalue weighted by Gasteiger charge is -2.24. The van der Waals surface area contributed by atoms with Crippen LogP contribution in [-0.2, 0) is 13.0 Å². The summed E-state index contributed by atoms with van der Waals surface area (Å²) in [6, 6.07) is 7.24. The summed E-state index contributed by atoms with van der Waals surface area (Å²) in [7, 11) is 1.69. The number of para-hydroxylation sites is 1. The van der Waals surface area contributed by atoms with Gasteiger partial charge in [-0.25, -0.2) is 9.97 Å². The van der Waals surface area contributed by atoms with Crippen molar-refractivity contribution < 1.29 is 4.79 Å². The Kier molecular flexibility index (Phi) is 3.60. The number of benzene rings is 1. The van der Waals surface area contributed by atoms with Crippen molar-refractivity contribution in [1.29, 1.82) is 0 Å². The van der Waals surface area contributed by atoms with Gasteiger partial charge in [-0.15, -0.1) is 0 Å². The van der Waals surface area contributed by atoms with Crippen molar-refractivity contribution in [2.75, 3.05) is 7.05 Å². The van der Waals surface area contributed by atoms with Crippen LogP contribution in [0.4, 0.5) is 0 Å². The Morgan fingerprint density at radius 3 is 2.92 bits per heavy atom. The number of carbonyl (C=O) groups is 1. The third kappa shape index (κ3) is 2.41. The fourth-order valence-electron chi connectivity index (χ4n) is 3.42. The molecule has 0 radical (unpaired) electrons. The van der Waals surface area contributed by atoms with Crippen LogP contribution in [0.25, 0.3) is 10.9 Å². The first-order valence-corrected chi connectivity index (χ1v) is 8.26. The van der Waals surface area contributed by atoms with Crippen LogP contribution in [0.5, 0.6) is 0 Å². The molecule has 0 saturated carbocycles. The monoisotopic (exact) mass is 334 g/mol. The minimum atomic E-state index is -0.293. The Balaban J connectivity index is 1.77. The van der Waals surface area contributed by atoms with Crippen LogP contribution >= 0.6 is 0 Å². The van der Waals surface area contributed by atoms with Crippen LogP contribution in [0, 0.1) is 0 Å². The summed E-state index contributed by atoms with van der Waals surface area (Å²) in [6.45, 7) is 2.68. The Labute approximate surface area is 144 Å². The first-order valence-electron chi connectivity index (χ1n) is 8.26. The van der Waals surface area contributed by atoms with Crippen molar-refractivity contribution >= 4 is 16.8 Å². The van der Waals surface area contributed by atoms with E-state index in [-0.39, 0.29) is 22.9 Å². The van der Waals surface area contributed by atoms with Gasteiger partial charge < -0.3 is 9.47 Å². The van der Waals surface area contributed by atoms with Crippen LogP contribution in [0.15, 0.2) is 47.8 Å². The summed E-state index contributed by atoms with van der Waals surface area (Å²) in [5.41, 5.74) is 2.85. The Hall–Kier alpha value is -3.02. The minimum Gasteiger partial charge on any atom is -0.346 e. The molecular formula is C19H18N4O2. The van der Waals surface area contributed by atoms with Gasteiger partial charge in [0.05, 0.1) is 17.3 Å². The molecule has 2 aromatic heterocycles. The van der Waals surface area contributed by atoms with Gasteiger partial charge in [0.1, 0.15) is 11.9 Å². The van der Waals surface area contributed by atoms with Crippen molar-refractivity contribution in [3.05, 3.63) is 70.0 Å². The quantitative estimate of drug-likeness (QED) is 0.736. The third-order valence-electron chi connectivity index (χ3n) is 4.97. The molecule has 0 unspecified atom stereocenters. The lowest BCUT2D eigenvalue weighted by molar-refractivity contribution is 0.0738. The van der Waals surface area contributed by atoms with Gasteiger partial charge in [-0.2, -0.15) is 0 Å². The van der Waals surface area contributed by atoms with Gasteiger partial charge in [-0.1, -0.05) is 12.1 Å². The second-order valence-corrected chi connectivity index (χ2v) is 6.35. The summed E-state index contributed by atoms with van der Waals surface area (Å²) in [6.07, 6.45) is 5.69. The highest BCUT2D eigenvalue weighted by Crippen LogP contribution is 2.25. The summed E-state index contributed by atoms with van der Waals surface area (Å²) in [5.74, 6) is -0.293. The second kappa shape index (κ2) is 5.81. The van der Waals surface area contributed by atoms with Gasteiger partial charge in [0.25, 0.3) is 5.91 Å². The predicted molar refractivity (Wildman–Crippen MR) is 94.5 cm³/mol. The van der Waals surface area contributed by atoms with E-state index in [1.165, 1.54) is 6.33 Å². The Bertz CT molecular complexity index is 1030. The lowest BCUT2D eigenvalue weighted by atomic mass is 10.1. The van der Waals surface area contributed by atoms with E-state index in [1.807, 2.05) is 23.6 Å². The van der Waals surface area contributed by atoms with E-state index in [1.54, 1.807) is 36.5 Å². The topological polar surface area (TPSA) is 68.1 Å². The van der Waals surface area contributed by atoms with Crippen LogP contribution in [0.3, 0.4) is 0 Å². The second-order valence-electron chi connectivity index (χ2n) is 6.35. The van der Waals surface area contributed by atoms with Crippen molar-refractivity contribution in [2.45, 2.75) is 25.9 Å². The molecule has 4 rings (SSSR count). The Morgan fingerprint density at radius 2 is 2.16 bits per heavy atom. The summed E-state index contributed by atoms with van der Waals surface area (Å²) < 4.78 is 2.02. The lowest BCUT2D eigenvalue weighted by Crippen LogP contribution is -2.34. The average Bonchev–Trinajstić information content (AvgIpc) is 3.07. The van der Waals surface area contributed by atoms with E-state index < -0.39 is 0 Å². The van der Waals surface area contributed by atoms with Crippen LogP contribution in [0.1, 0.15) is 34.6 Å². The van der Waals surface area contributed by atoms with Crippen molar-refractivity contribution in [3.8, 4) is 0 Å². The number of pyridine rings is 1. The van der Waals surface area contributed by atoms with Crippen molar-refractivity contribution in [3.63, 3.8) is 0 Å². The van der Waals surface area contributed by atoms with E-state index in [0.29, 0.717) is 5.39 Å². The molecule has 0 aliphatic carbocycles. The van der Waals surface area contributed by atoms with E-state index in [2.05, 4.69) is 9.97 Å². The average molecular weight is 334 g/mol. The van der Waals surface area contributed by atoms with Crippen molar-refractivity contribution in [2.24, 2.45) is 0 Å². The number of aromatic nitrogens is 3. The van der Waals surface area contributed by atoms with E-state index in [9.17, 15) is 9.59 Å². The smallest absolute Gasteiger partial charge is 0.259 e. The highest BCUT2D eigenvalue weighted by molar-refractivity contribution is 5.98. The number of rotatable bonds is 3. The molecule has 3 aromatic rings. The van der Waals surface area contributed by atoms with Crippen molar-refractivity contribution in [1.82, 2.24) is 19.4 Å². The molecule has 1 aliphatic rings. The third-order valence-corrected chi connectivity index (χ3v) is 4.97. The molecule has 126 valence electrons. The number of hydrogen-bond acceptors (Lipinski definition) is 4. The SMILES string of the molecule is C[C@H](c1ccncn1)N(C)C(=O)c1cn2c3c(cccc3c1=O)CC2. The maximum Gasteiger partial charge on any atom is 0.259 e. The molecule has 6 nitrogen and oxygen atoms in total. The predicted octanol–water partition coefficient (Wildman–Crippen LogP) is 2.18. The fraction of sp³-hybridized carbons (Fsp3) is 0.263. The maximum absolute atomic E-state index is 13.0. The molecule has 1 amide bonds. The molecule has 6 heteroatoms. The van der Waals surface area contributed by atoms with Crippen LogP contribution in [-0.4, -0.2) is 32.4 Å². The largest absolute Gasteiger partial charge is 0.346 e. The fourth-order valence-corrected chi connectivity index (χ4v) is 3.42. The molecule has 0 bridgehead atoms. The van der Waals surface area contributed by atoms with Gasteiger partial charge in [-0.3, -0.25) is 9.59 Å². The molecule has 25 heavy (non-hydrogen) atoms. The highest BCUT2D eigenvalue weighted by Gasteiger charge is 2.25. The van der Waals surface area contributed by atoms with Crippen LogP contribution in [0.2, 0.25) is 0 Å². The van der Waals surface area contributed by atoms with Crippen LogP contribution < -0.4 is 5.43 Å². The summed E-state index contributed by atoms with van der Waals surface area (Å²) >= 11 is 0. The van der Waals surface area contributed by atoms with E-state index in [4.69, 9.17) is 0 Å². The summed E-state index contributed by atoms with van der Waals surface area (Å²) in [4.78, 5) is 35.5. The maximum atomic E-state index is 13.0. The number of nitrogens with zero attached hydrogens (tertiary/aromatic N) is 4. The number of hydrogen-bond donors (Lipinski definition) is 0.